The second-order valence-electron chi connectivity index (χ2n) is 7.14. The highest BCUT2D eigenvalue weighted by Gasteiger charge is 2.34. The Morgan fingerprint density at radius 1 is 1.07 bits per heavy atom. The third-order valence-corrected chi connectivity index (χ3v) is 5.23. The van der Waals surface area contributed by atoms with Crippen LogP contribution in [0.2, 0.25) is 0 Å². The summed E-state index contributed by atoms with van der Waals surface area (Å²) in [5.41, 5.74) is 2.91. The first-order valence-corrected chi connectivity index (χ1v) is 9.63. The molecule has 0 aromatic heterocycles. The van der Waals surface area contributed by atoms with Crippen molar-refractivity contribution >= 4 is 17.5 Å². The molecular weight excluding hydrogens is 383 g/mol. The Kier molecular flexibility index (Phi) is 5.48. The van der Waals surface area contributed by atoms with Crippen molar-refractivity contribution in [1.82, 2.24) is 4.90 Å². The SMILES string of the molecule is COc1ccc(NC(=O)CC(c2ccc(F)cc2)N2Cc3ccccc3C2=O)cc1. The van der Waals surface area contributed by atoms with Crippen LogP contribution >= 0.6 is 0 Å². The number of rotatable bonds is 6. The second kappa shape index (κ2) is 8.37. The molecule has 3 aromatic rings. The Bertz CT molecular complexity index is 1060. The molecule has 1 atom stereocenters. The summed E-state index contributed by atoms with van der Waals surface area (Å²) in [4.78, 5) is 27.5. The highest BCUT2D eigenvalue weighted by molar-refractivity contribution is 5.99. The number of fused-ring (bicyclic) bond motifs is 1. The van der Waals surface area contributed by atoms with E-state index in [2.05, 4.69) is 5.32 Å². The minimum Gasteiger partial charge on any atom is -0.497 e. The number of hydrogen-bond acceptors (Lipinski definition) is 3. The number of amides is 2. The van der Waals surface area contributed by atoms with Crippen molar-refractivity contribution in [3.63, 3.8) is 0 Å². The van der Waals surface area contributed by atoms with E-state index in [1.807, 2.05) is 18.2 Å². The fourth-order valence-corrected chi connectivity index (χ4v) is 3.68. The van der Waals surface area contributed by atoms with E-state index in [4.69, 9.17) is 4.74 Å². The Balaban J connectivity index is 1.57. The zero-order valence-corrected chi connectivity index (χ0v) is 16.5. The van der Waals surface area contributed by atoms with Crippen LogP contribution in [0.3, 0.4) is 0 Å². The van der Waals surface area contributed by atoms with Crippen LogP contribution in [0.4, 0.5) is 10.1 Å². The van der Waals surface area contributed by atoms with Crippen molar-refractivity contribution in [2.75, 3.05) is 12.4 Å². The van der Waals surface area contributed by atoms with Gasteiger partial charge in [0, 0.05) is 17.8 Å². The zero-order valence-electron chi connectivity index (χ0n) is 16.5. The monoisotopic (exact) mass is 404 g/mol. The lowest BCUT2D eigenvalue weighted by Crippen LogP contribution is -2.32. The molecule has 4 rings (SSSR count). The van der Waals surface area contributed by atoms with Crippen LogP contribution in [0.5, 0.6) is 5.75 Å². The van der Waals surface area contributed by atoms with Crippen molar-refractivity contribution in [3.05, 3.63) is 95.3 Å². The summed E-state index contributed by atoms with van der Waals surface area (Å²) < 4.78 is 18.6. The van der Waals surface area contributed by atoms with Crippen molar-refractivity contribution in [3.8, 4) is 5.75 Å². The molecule has 1 aliphatic heterocycles. The van der Waals surface area contributed by atoms with Gasteiger partial charge in [0.05, 0.1) is 19.6 Å². The van der Waals surface area contributed by atoms with E-state index < -0.39 is 6.04 Å². The molecule has 0 aliphatic carbocycles. The number of anilines is 1. The molecule has 0 bridgehead atoms. The van der Waals surface area contributed by atoms with Gasteiger partial charge in [-0.2, -0.15) is 0 Å². The van der Waals surface area contributed by atoms with Crippen molar-refractivity contribution in [2.45, 2.75) is 19.0 Å². The van der Waals surface area contributed by atoms with E-state index in [1.54, 1.807) is 54.5 Å². The van der Waals surface area contributed by atoms with Gasteiger partial charge in [0.1, 0.15) is 11.6 Å². The number of halogens is 1. The first-order chi connectivity index (χ1) is 14.5. The minimum absolute atomic E-state index is 0.0530. The molecule has 1 N–H and O–H groups in total. The maximum atomic E-state index is 13.5. The van der Waals surface area contributed by atoms with Gasteiger partial charge in [0.25, 0.3) is 5.91 Å². The highest BCUT2D eigenvalue weighted by atomic mass is 19.1. The Morgan fingerprint density at radius 2 is 1.77 bits per heavy atom. The molecule has 5 nitrogen and oxygen atoms in total. The number of nitrogens with zero attached hydrogens (tertiary/aromatic N) is 1. The molecule has 0 radical (unpaired) electrons. The topological polar surface area (TPSA) is 58.6 Å². The highest BCUT2D eigenvalue weighted by Crippen LogP contribution is 2.33. The van der Waals surface area contributed by atoms with Crippen LogP contribution in [0.25, 0.3) is 0 Å². The van der Waals surface area contributed by atoms with Crippen LogP contribution in [-0.4, -0.2) is 23.8 Å². The van der Waals surface area contributed by atoms with E-state index in [-0.39, 0.29) is 24.1 Å². The molecule has 0 saturated carbocycles. The van der Waals surface area contributed by atoms with Crippen LogP contribution in [0.1, 0.15) is 33.9 Å². The molecule has 1 aliphatic rings. The van der Waals surface area contributed by atoms with Gasteiger partial charge in [0.2, 0.25) is 5.91 Å². The average Bonchev–Trinajstić information content (AvgIpc) is 3.10. The van der Waals surface area contributed by atoms with Crippen molar-refractivity contribution in [1.29, 1.82) is 0 Å². The van der Waals surface area contributed by atoms with Gasteiger partial charge < -0.3 is 15.0 Å². The molecule has 30 heavy (non-hydrogen) atoms. The quantitative estimate of drug-likeness (QED) is 0.655. The van der Waals surface area contributed by atoms with E-state index in [0.29, 0.717) is 29.1 Å². The fourth-order valence-electron chi connectivity index (χ4n) is 3.68. The molecule has 0 spiro atoms. The lowest BCUT2D eigenvalue weighted by molar-refractivity contribution is -0.117. The molecule has 1 heterocycles. The van der Waals surface area contributed by atoms with Crippen LogP contribution < -0.4 is 10.1 Å². The summed E-state index contributed by atoms with van der Waals surface area (Å²) in [5.74, 6) is -0.0377. The molecule has 6 heteroatoms. The Labute approximate surface area is 174 Å². The smallest absolute Gasteiger partial charge is 0.255 e. The third-order valence-electron chi connectivity index (χ3n) is 5.23. The molecule has 152 valence electrons. The molecule has 0 fully saturated rings. The summed E-state index contributed by atoms with van der Waals surface area (Å²) in [6.45, 7) is 0.410. The Morgan fingerprint density at radius 3 is 2.43 bits per heavy atom. The summed E-state index contributed by atoms with van der Waals surface area (Å²) in [6, 6.07) is 19.8. The molecule has 0 saturated heterocycles. The molecule has 2 amide bonds. The lowest BCUT2D eigenvalue weighted by Gasteiger charge is -2.28. The predicted molar refractivity (Wildman–Crippen MR) is 112 cm³/mol. The summed E-state index contributed by atoms with van der Waals surface area (Å²) in [5, 5.41) is 2.86. The molecule has 1 unspecified atom stereocenters. The largest absolute Gasteiger partial charge is 0.497 e. The third kappa shape index (κ3) is 4.03. The maximum Gasteiger partial charge on any atom is 0.255 e. The number of hydrogen-bond donors (Lipinski definition) is 1. The van der Waals surface area contributed by atoms with E-state index in [0.717, 1.165) is 5.56 Å². The number of methoxy groups -OCH3 is 1. The summed E-state index contributed by atoms with van der Waals surface area (Å²) in [7, 11) is 1.58. The first-order valence-electron chi connectivity index (χ1n) is 9.63. The van der Waals surface area contributed by atoms with Gasteiger partial charge in [0.15, 0.2) is 0 Å². The minimum atomic E-state index is -0.510. The maximum absolute atomic E-state index is 13.5. The first kappa shape index (κ1) is 19.6. The van der Waals surface area contributed by atoms with Crippen molar-refractivity contribution in [2.24, 2.45) is 0 Å². The molecular formula is C24H21FN2O3. The number of benzene rings is 3. The van der Waals surface area contributed by atoms with Crippen molar-refractivity contribution < 1.29 is 18.7 Å². The van der Waals surface area contributed by atoms with Gasteiger partial charge in [-0.1, -0.05) is 30.3 Å². The van der Waals surface area contributed by atoms with Gasteiger partial charge in [-0.25, -0.2) is 4.39 Å². The van der Waals surface area contributed by atoms with Gasteiger partial charge in [-0.05, 0) is 53.6 Å². The predicted octanol–water partition coefficient (Wildman–Crippen LogP) is 4.56. The van der Waals surface area contributed by atoms with Gasteiger partial charge >= 0.3 is 0 Å². The average molecular weight is 404 g/mol. The van der Waals surface area contributed by atoms with Gasteiger partial charge in [-0.3, -0.25) is 9.59 Å². The van der Waals surface area contributed by atoms with Crippen LogP contribution in [0.15, 0.2) is 72.8 Å². The number of carbonyl (C=O) groups is 2. The van der Waals surface area contributed by atoms with E-state index in [1.165, 1.54) is 12.1 Å². The normalized spacial score (nSPS) is 13.7. The summed E-state index contributed by atoms with van der Waals surface area (Å²) in [6.07, 6.45) is 0.0530. The van der Waals surface area contributed by atoms with Crippen LogP contribution in [-0.2, 0) is 11.3 Å². The number of nitrogens with one attached hydrogen (secondary N) is 1. The summed E-state index contributed by atoms with van der Waals surface area (Å²) >= 11 is 0. The Hall–Kier alpha value is -3.67. The van der Waals surface area contributed by atoms with Crippen LogP contribution in [0, 0.1) is 5.82 Å². The number of ether oxygens (including phenoxy) is 1. The standard InChI is InChI=1S/C24H21FN2O3/c1-30-20-12-10-19(11-13-20)26-23(28)14-22(16-6-8-18(25)9-7-16)27-15-17-4-2-3-5-21(17)24(27)29/h2-13,22H,14-15H2,1H3,(H,26,28). The lowest BCUT2D eigenvalue weighted by atomic mass is 10.0. The zero-order chi connectivity index (χ0) is 21.1. The van der Waals surface area contributed by atoms with Gasteiger partial charge in [-0.15, -0.1) is 0 Å². The molecule has 3 aromatic carbocycles. The number of carbonyl (C=O) groups excluding carboxylic acids is 2. The fraction of sp³-hybridized carbons (Fsp3) is 0.167. The second-order valence-corrected chi connectivity index (χ2v) is 7.14. The van der Waals surface area contributed by atoms with E-state index in [9.17, 15) is 14.0 Å². The van der Waals surface area contributed by atoms with E-state index >= 15 is 0 Å².